The van der Waals surface area contributed by atoms with Gasteiger partial charge in [-0.25, -0.2) is 4.39 Å². The number of imidazole rings is 1. The summed E-state index contributed by atoms with van der Waals surface area (Å²) in [6.45, 7) is 1.99. The van der Waals surface area contributed by atoms with Gasteiger partial charge in [0, 0.05) is 0 Å². The van der Waals surface area contributed by atoms with E-state index in [4.69, 9.17) is 35.4 Å². The van der Waals surface area contributed by atoms with E-state index in [0.29, 0.717) is 10.5 Å². The summed E-state index contributed by atoms with van der Waals surface area (Å²) in [7, 11) is 0. The number of aromatic nitrogens is 2. The van der Waals surface area contributed by atoms with E-state index in [1.807, 2.05) is 25.1 Å². The minimum atomic E-state index is -0.481. The average molecular weight is 327 g/mol. The van der Waals surface area contributed by atoms with Crippen LogP contribution in [0.4, 0.5) is 4.39 Å². The molecule has 0 saturated heterocycles. The number of halogens is 3. The van der Waals surface area contributed by atoms with Gasteiger partial charge in [0.05, 0.1) is 26.8 Å². The van der Waals surface area contributed by atoms with Crippen LogP contribution >= 0.6 is 35.4 Å². The van der Waals surface area contributed by atoms with Crippen LogP contribution in [0.2, 0.25) is 10.0 Å². The highest BCUT2D eigenvalue weighted by molar-refractivity contribution is 7.71. The maximum atomic E-state index is 13.3. The van der Waals surface area contributed by atoms with Gasteiger partial charge in [-0.15, -0.1) is 0 Å². The zero-order chi connectivity index (χ0) is 14.4. The Bertz CT molecular complexity index is 859. The lowest BCUT2D eigenvalue weighted by Crippen LogP contribution is -1.97. The summed E-state index contributed by atoms with van der Waals surface area (Å²) in [5.41, 5.74) is 3.31. The number of fused-ring (bicyclic) bond motifs is 1. The number of nitrogens with one attached hydrogen (secondary N) is 1. The van der Waals surface area contributed by atoms with Crippen LogP contribution in [-0.2, 0) is 0 Å². The molecular weight excluding hydrogens is 318 g/mol. The molecule has 1 heterocycles. The summed E-state index contributed by atoms with van der Waals surface area (Å²) in [5, 5.41) is 0.431. The minimum Gasteiger partial charge on any atom is -0.330 e. The highest BCUT2D eigenvalue weighted by Crippen LogP contribution is 2.32. The molecule has 0 aliphatic rings. The van der Waals surface area contributed by atoms with Crippen LogP contribution in [0, 0.1) is 17.5 Å². The van der Waals surface area contributed by atoms with Crippen LogP contribution < -0.4 is 0 Å². The predicted octanol–water partition coefficient (Wildman–Crippen LogP) is 5.44. The van der Waals surface area contributed by atoms with Gasteiger partial charge >= 0.3 is 0 Å². The molecule has 0 atom stereocenters. The smallest absolute Gasteiger partial charge is 0.182 e. The lowest BCUT2D eigenvalue weighted by atomic mass is 10.2. The molecule has 3 rings (SSSR count). The third-order valence-electron chi connectivity index (χ3n) is 3.04. The first kappa shape index (κ1) is 13.6. The first-order valence-corrected chi connectivity index (χ1v) is 7.00. The highest BCUT2D eigenvalue weighted by Gasteiger charge is 2.14. The second-order valence-electron chi connectivity index (χ2n) is 4.50. The van der Waals surface area contributed by atoms with E-state index in [9.17, 15) is 4.39 Å². The molecule has 0 aliphatic carbocycles. The molecule has 20 heavy (non-hydrogen) atoms. The molecule has 6 heteroatoms. The summed E-state index contributed by atoms with van der Waals surface area (Å²) in [5.74, 6) is -0.481. The number of hydrogen-bond donors (Lipinski definition) is 1. The van der Waals surface area contributed by atoms with E-state index in [2.05, 4.69) is 4.98 Å². The van der Waals surface area contributed by atoms with Gasteiger partial charge in [0.1, 0.15) is 5.82 Å². The third kappa shape index (κ3) is 2.14. The topological polar surface area (TPSA) is 20.7 Å². The largest absolute Gasteiger partial charge is 0.330 e. The van der Waals surface area contributed by atoms with Crippen LogP contribution in [0.25, 0.3) is 16.7 Å². The predicted molar refractivity (Wildman–Crippen MR) is 83.2 cm³/mol. The molecule has 0 amide bonds. The van der Waals surface area contributed by atoms with Crippen molar-refractivity contribution in [3.8, 4) is 5.69 Å². The first-order chi connectivity index (χ1) is 9.47. The quantitative estimate of drug-likeness (QED) is 0.590. The average Bonchev–Trinajstić information content (AvgIpc) is 2.64. The molecular formula is C14H9Cl2FN2S. The van der Waals surface area contributed by atoms with Crippen LogP contribution in [0.5, 0.6) is 0 Å². The van der Waals surface area contributed by atoms with Crippen molar-refractivity contribution in [1.29, 1.82) is 0 Å². The Morgan fingerprint density at radius 2 is 1.80 bits per heavy atom. The van der Waals surface area contributed by atoms with Gasteiger partial charge in [-0.2, -0.15) is 0 Å². The second-order valence-corrected chi connectivity index (χ2v) is 5.71. The summed E-state index contributed by atoms with van der Waals surface area (Å²) in [4.78, 5) is 3.10. The Morgan fingerprint density at radius 3 is 2.45 bits per heavy atom. The van der Waals surface area contributed by atoms with E-state index >= 15 is 0 Å². The van der Waals surface area contributed by atoms with Crippen molar-refractivity contribution in [3.05, 3.63) is 56.5 Å². The van der Waals surface area contributed by atoms with Crippen molar-refractivity contribution in [3.63, 3.8) is 0 Å². The first-order valence-electron chi connectivity index (χ1n) is 5.83. The fourth-order valence-electron chi connectivity index (χ4n) is 2.20. The molecule has 0 aliphatic heterocycles. The number of hydrogen-bond acceptors (Lipinski definition) is 1. The van der Waals surface area contributed by atoms with Gasteiger partial charge < -0.3 is 4.98 Å². The number of nitrogens with zero attached hydrogens (tertiary/aromatic N) is 1. The van der Waals surface area contributed by atoms with Crippen molar-refractivity contribution < 1.29 is 4.39 Å². The molecule has 0 bridgehead atoms. The van der Waals surface area contributed by atoms with Gasteiger partial charge in [0.15, 0.2) is 4.77 Å². The van der Waals surface area contributed by atoms with Gasteiger partial charge in [0.25, 0.3) is 0 Å². The van der Waals surface area contributed by atoms with Gasteiger partial charge in [-0.05, 0) is 49.0 Å². The summed E-state index contributed by atoms with van der Waals surface area (Å²) >= 11 is 17.6. The summed E-state index contributed by atoms with van der Waals surface area (Å²) in [6, 6.07) is 8.31. The normalized spacial score (nSPS) is 11.2. The van der Waals surface area contributed by atoms with Crippen molar-refractivity contribution in [2.24, 2.45) is 0 Å². The van der Waals surface area contributed by atoms with Gasteiger partial charge in [-0.3, -0.25) is 4.57 Å². The lowest BCUT2D eigenvalue weighted by molar-refractivity contribution is 0.627. The molecule has 2 nitrogen and oxygen atoms in total. The number of aryl methyl sites for hydroxylation is 1. The zero-order valence-electron chi connectivity index (χ0n) is 10.4. The van der Waals surface area contributed by atoms with Crippen LogP contribution in [0.1, 0.15) is 5.56 Å². The van der Waals surface area contributed by atoms with Crippen molar-refractivity contribution in [2.45, 2.75) is 6.92 Å². The van der Waals surface area contributed by atoms with Gasteiger partial charge in [0.2, 0.25) is 0 Å². The standard InChI is InChI=1S/C14H9Cl2FN2S/c1-7-2-3-12-11(4-7)18-14(20)19(12)13-9(15)5-8(17)6-10(13)16/h2-6H,1H3,(H,18,20). The molecule has 0 fully saturated rings. The Kier molecular flexibility index (Phi) is 3.32. The fourth-order valence-corrected chi connectivity index (χ4v) is 3.12. The van der Waals surface area contributed by atoms with Crippen molar-refractivity contribution >= 4 is 46.5 Å². The Balaban J connectivity index is 2.41. The number of aromatic amines is 1. The van der Waals surface area contributed by atoms with E-state index in [0.717, 1.165) is 16.6 Å². The lowest BCUT2D eigenvalue weighted by Gasteiger charge is -2.09. The molecule has 2 aromatic carbocycles. The molecule has 1 N–H and O–H groups in total. The van der Waals surface area contributed by atoms with E-state index < -0.39 is 5.82 Å². The Morgan fingerprint density at radius 1 is 1.15 bits per heavy atom. The zero-order valence-corrected chi connectivity index (χ0v) is 12.7. The Hall–Kier alpha value is -1.36. The second kappa shape index (κ2) is 4.88. The molecule has 3 aromatic rings. The molecule has 0 unspecified atom stereocenters. The van der Waals surface area contributed by atoms with E-state index in [1.54, 1.807) is 4.57 Å². The Labute approximate surface area is 129 Å². The highest BCUT2D eigenvalue weighted by atomic mass is 35.5. The van der Waals surface area contributed by atoms with Crippen molar-refractivity contribution in [2.75, 3.05) is 0 Å². The molecule has 0 saturated carbocycles. The summed E-state index contributed by atoms with van der Waals surface area (Å²) in [6.07, 6.45) is 0. The minimum absolute atomic E-state index is 0.215. The van der Waals surface area contributed by atoms with Crippen LogP contribution in [0.15, 0.2) is 30.3 Å². The van der Waals surface area contributed by atoms with E-state index in [1.165, 1.54) is 12.1 Å². The van der Waals surface area contributed by atoms with E-state index in [-0.39, 0.29) is 10.0 Å². The van der Waals surface area contributed by atoms with Crippen LogP contribution in [0.3, 0.4) is 0 Å². The van der Waals surface area contributed by atoms with Crippen LogP contribution in [-0.4, -0.2) is 9.55 Å². The molecule has 1 aromatic heterocycles. The third-order valence-corrected chi connectivity index (χ3v) is 3.90. The summed E-state index contributed by atoms with van der Waals surface area (Å²) < 4.78 is 15.5. The number of benzene rings is 2. The molecule has 0 spiro atoms. The number of H-pyrrole nitrogens is 1. The number of rotatable bonds is 1. The van der Waals surface area contributed by atoms with Gasteiger partial charge in [-0.1, -0.05) is 29.3 Å². The van der Waals surface area contributed by atoms with Crippen molar-refractivity contribution in [1.82, 2.24) is 9.55 Å². The fraction of sp³-hybridized carbons (Fsp3) is 0.0714. The maximum absolute atomic E-state index is 13.3. The monoisotopic (exact) mass is 326 g/mol. The molecule has 0 radical (unpaired) electrons. The SMILES string of the molecule is Cc1ccc2c(c1)[nH]c(=S)n2-c1c(Cl)cc(F)cc1Cl. The maximum Gasteiger partial charge on any atom is 0.182 e. The molecule has 102 valence electrons.